The first-order valence-corrected chi connectivity index (χ1v) is 10.3. The lowest BCUT2D eigenvalue weighted by Gasteiger charge is -2.20. The SMILES string of the molecule is COc1nn(C(CC(=O)O)c2ccc(Br)cc2)c(=O)cc1-c1cc(Cl)ccc1C(C)=O. The van der Waals surface area contributed by atoms with Crippen molar-refractivity contribution in [2.24, 2.45) is 0 Å². The van der Waals surface area contributed by atoms with Crippen LogP contribution in [0.15, 0.2) is 57.8 Å². The number of ketones is 1. The van der Waals surface area contributed by atoms with Crippen LogP contribution in [0, 0.1) is 0 Å². The van der Waals surface area contributed by atoms with Crippen molar-refractivity contribution in [2.75, 3.05) is 7.11 Å². The summed E-state index contributed by atoms with van der Waals surface area (Å²) in [6.07, 6.45) is -0.354. The van der Waals surface area contributed by atoms with Gasteiger partial charge in [0.15, 0.2) is 5.78 Å². The van der Waals surface area contributed by atoms with Crippen molar-refractivity contribution >= 4 is 39.3 Å². The molecule has 0 saturated heterocycles. The number of aromatic nitrogens is 2. The fraction of sp³-hybridized carbons (Fsp3) is 0.182. The Morgan fingerprint density at radius 3 is 2.42 bits per heavy atom. The molecule has 1 unspecified atom stereocenters. The minimum absolute atomic E-state index is 0.0665. The summed E-state index contributed by atoms with van der Waals surface area (Å²) in [5.74, 6) is -1.23. The van der Waals surface area contributed by atoms with Gasteiger partial charge in [0.1, 0.15) is 0 Å². The zero-order chi connectivity index (χ0) is 22.7. The molecule has 1 atom stereocenters. The molecule has 1 N–H and O–H groups in total. The van der Waals surface area contributed by atoms with Crippen LogP contribution in [0.2, 0.25) is 5.02 Å². The minimum atomic E-state index is -1.08. The molecule has 31 heavy (non-hydrogen) atoms. The third-order valence-corrected chi connectivity index (χ3v) is 5.45. The van der Waals surface area contributed by atoms with E-state index in [0.717, 1.165) is 9.15 Å². The average molecular weight is 506 g/mol. The molecule has 0 fully saturated rings. The van der Waals surface area contributed by atoms with Crippen LogP contribution in [-0.2, 0) is 4.79 Å². The number of carbonyl (C=O) groups is 2. The number of ether oxygens (including phenoxy) is 1. The van der Waals surface area contributed by atoms with Gasteiger partial charge in [0.05, 0.1) is 25.1 Å². The molecule has 0 radical (unpaired) electrons. The van der Waals surface area contributed by atoms with Crippen LogP contribution in [0.1, 0.15) is 35.3 Å². The Balaban J connectivity index is 2.22. The number of carboxylic acids is 1. The Bertz CT molecular complexity index is 1210. The van der Waals surface area contributed by atoms with Crippen molar-refractivity contribution in [3.8, 4) is 17.0 Å². The zero-order valence-electron chi connectivity index (χ0n) is 16.6. The van der Waals surface area contributed by atoms with E-state index < -0.39 is 17.6 Å². The molecular formula is C22H18BrClN2O5. The van der Waals surface area contributed by atoms with Gasteiger partial charge in [-0.2, -0.15) is 0 Å². The van der Waals surface area contributed by atoms with E-state index in [4.69, 9.17) is 16.3 Å². The maximum Gasteiger partial charge on any atom is 0.305 e. The smallest absolute Gasteiger partial charge is 0.305 e. The fourth-order valence-electron chi connectivity index (χ4n) is 3.26. The van der Waals surface area contributed by atoms with Crippen molar-refractivity contribution in [2.45, 2.75) is 19.4 Å². The van der Waals surface area contributed by atoms with Gasteiger partial charge in [-0.05, 0) is 48.4 Å². The Kier molecular flexibility index (Phi) is 6.92. The summed E-state index contributed by atoms with van der Waals surface area (Å²) >= 11 is 9.45. The molecule has 1 aromatic heterocycles. The monoisotopic (exact) mass is 504 g/mol. The maximum atomic E-state index is 13.0. The van der Waals surface area contributed by atoms with Crippen LogP contribution in [0.4, 0.5) is 0 Å². The van der Waals surface area contributed by atoms with E-state index in [9.17, 15) is 19.5 Å². The molecular weight excluding hydrogens is 488 g/mol. The third kappa shape index (κ3) is 5.03. The van der Waals surface area contributed by atoms with Gasteiger partial charge in [0.2, 0.25) is 5.88 Å². The number of Topliss-reactive ketones (excluding diaryl/α,β-unsaturated/α-hetero) is 1. The molecule has 3 aromatic rings. The van der Waals surface area contributed by atoms with Gasteiger partial charge in [-0.1, -0.05) is 39.7 Å². The van der Waals surface area contributed by atoms with Gasteiger partial charge in [0.25, 0.3) is 5.56 Å². The van der Waals surface area contributed by atoms with Crippen LogP contribution in [-0.4, -0.2) is 33.7 Å². The second kappa shape index (κ2) is 9.45. The number of hydrogen-bond acceptors (Lipinski definition) is 5. The number of rotatable bonds is 7. The van der Waals surface area contributed by atoms with Crippen LogP contribution >= 0.6 is 27.5 Å². The van der Waals surface area contributed by atoms with Crippen molar-refractivity contribution in [3.05, 3.63) is 79.5 Å². The Hall–Kier alpha value is -2.97. The van der Waals surface area contributed by atoms with Crippen molar-refractivity contribution in [3.63, 3.8) is 0 Å². The first-order valence-electron chi connectivity index (χ1n) is 9.17. The number of nitrogens with zero attached hydrogens (tertiary/aromatic N) is 2. The van der Waals surface area contributed by atoms with Crippen molar-refractivity contribution < 1.29 is 19.4 Å². The van der Waals surface area contributed by atoms with Gasteiger partial charge in [0, 0.05) is 21.1 Å². The van der Waals surface area contributed by atoms with Gasteiger partial charge < -0.3 is 9.84 Å². The van der Waals surface area contributed by atoms with Crippen LogP contribution < -0.4 is 10.3 Å². The molecule has 3 rings (SSSR count). The lowest BCUT2D eigenvalue weighted by Crippen LogP contribution is -2.29. The van der Waals surface area contributed by atoms with E-state index in [1.54, 1.807) is 42.5 Å². The van der Waals surface area contributed by atoms with E-state index in [2.05, 4.69) is 21.0 Å². The van der Waals surface area contributed by atoms with E-state index in [1.807, 2.05) is 0 Å². The number of methoxy groups -OCH3 is 1. The standard InChI is InChI=1S/C22H18BrClN2O5/c1-12(27)16-8-7-15(24)9-17(16)18-10-20(28)26(25-22(18)31-2)19(11-21(29)30)13-3-5-14(23)6-4-13/h3-10,19H,11H2,1-2H3,(H,29,30). The molecule has 0 saturated carbocycles. The first-order chi connectivity index (χ1) is 14.7. The van der Waals surface area contributed by atoms with Crippen molar-refractivity contribution in [1.82, 2.24) is 9.78 Å². The van der Waals surface area contributed by atoms with Crippen LogP contribution in [0.25, 0.3) is 11.1 Å². The van der Waals surface area contributed by atoms with Gasteiger partial charge >= 0.3 is 5.97 Å². The Labute approximate surface area is 191 Å². The summed E-state index contributed by atoms with van der Waals surface area (Å²) < 4.78 is 7.30. The fourth-order valence-corrected chi connectivity index (χ4v) is 3.70. The molecule has 0 bridgehead atoms. The Morgan fingerprint density at radius 1 is 1.16 bits per heavy atom. The number of benzene rings is 2. The molecule has 0 aliphatic heterocycles. The number of aliphatic carboxylic acids is 1. The highest BCUT2D eigenvalue weighted by Gasteiger charge is 2.24. The van der Waals surface area contributed by atoms with Gasteiger partial charge in [-0.15, -0.1) is 5.10 Å². The molecule has 0 aliphatic carbocycles. The number of carbonyl (C=O) groups excluding carboxylic acids is 1. The lowest BCUT2D eigenvalue weighted by molar-refractivity contribution is -0.137. The molecule has 0 amide bonds. The van der Waals surface area contributed by atoms with E-state index >= 15 is 0 Å². The lowest BCUT2D eigenvalue weighted by atomic mass is 9.98. The predicted molar refractivity (Wildman–Crippen MR) is 120 cm³/mol. The van der Waals surface area contributed by atoms with E-state index in [1.165, 1.54) is 20.1 Å². The zero-order valence-corrected chi connectivity index (χ0v) is 19.0. The number of halogens is 2. The van der Waals surface area contributed by atoms with Crippen LogP contribution in [0.3, 0.4) is 0 Å². The molecule has 0 spiro atoms. The van der Waals surface area contributed by atoms with E-state index in [0.29, 0.717) is 27.3 Å². The average Bonchev–Trinajstić information content (AvgIpc) is 2.72. The normalized spacial score (nSPS) is 11.7. The highest BCUT2D eigenvalue weighted by atomic mass is 79.9. The molecule has 9 heteroatoms. The topological polar surface area (TPSA) is 98.5 Å². The summed E-state index contributed by atoms with van der Waals surface area (Å²) in [4.78, 5) is 36.6. The number of carboxylic acid groups (broad SMARTS) is 1. The third-order valence-electron chi connectivity index (χ3n) is 4.68. The van der Waals surface area contributed by atoms with Gasteiger partial charge in [-0.3, -0.25) is 14.4 Å². The predicted octanol–water partition coefficient (Wildman–Crippen LogP) is 4.60. The Morgan fingerprint density at radius 2 is 1.84 bits per heavy atom. The molecule has 0 aliphatic rings. The summed E-state index contributed by atoms with van der Waals surface area (Å²) in [7, 11) is 1.38. The number of hydrogen-bond donors (Lipinski definition) is 1. The van der Waals surface area contributed by atoms with Crippen molar-refractivity contribution in [1.29, 1.82) is 0 Å². The molecule has 1 heterocycles. The van der Waals surface area contributed by atoms with Gasteiger partial charge in [-0.25, -0.2) is 4.68 Å². The second-order valence-electron chi connectivity index (χ2n) is 6.76. The second-order valence-corrected chi connectivity index (χ2v) is 8.11. The molecule has 160 valence electrons. The summed E-state index contributed by atoms with van der Waals surface area (Å²) in [5, 5.41) is 14.1. The summed E-state index contributed by atoms with van der Waals surface area (Å²) in [6, 6.07) is 12.1. The van der Waals surface area contributed by atoms with E-state index in [-0.39, 0.29) is 18.1 Å². The molecule has 7 nitrogen and oxygen atoms in total. The quantitative estimate of drug-likeness (QED) is 0.471. The summed E-state index contributed by atoms with van der Waals surface area (Å²) in [6.45, 7) is 1.41. The maximum absolute atomic E-state index is 13.0. The highest BCUT2D eigenvalue weighted by molar-refractivity contribution is 9.10. The molecule has 2 aromatic carbocycles. The minimum Gasteiger partial charge on any atom is -0.481 e. The first kappa shape index (κ1) is 22.7. The van der Waals surface area contributed by atoms with Crippen LogP contribution in [0.5, 0.6) is 5.88 Å². The highest BCUT2D eigenvalue weighted by Crippen LogP contribution is 2.33. The largest absolute Gasteiger partial charge is 0.481 e. The summed E-state index contributed by atoms with van der Waals surface area (Å²) in [5.41, 5.74) is 1.12.